The molecule has 0 saturated carbocycles. The van der Waals surface area contributed by atoms with Crippen LogP contribution in [0.4, 0.5) is 0 Å². The predicted molar refractivity (Wildman–Crippen MR) is 117 cm³/mol. The maximum Gasteiger partial charge on any atom is 0.150 e. The Balaban J connectivity index is 2.29. The van der Waals surface area contributed by atoms with Crippen LogP contribution in [0.15, 0.2) is 36.4 Å². The van der Waals surface area contributed by atoms with Crippen molar-refractivity contribution in [3.63, 3.8) is 0 Å². The van der Waals surface area contributed by atoms with E-state index >= 15 is 0 Å². The average molecular weight is 402 g/mol. The van der Waals surface area contributed by atoms with Gasteiger partial charge in [-0.2, -0.15) is 0 Å². The molecule has 152 valence electrons. The van der Waals surface area contributed by atoms with Crippen LogP contribution in [-0.4, -0.2) is 37.9 Å². The van der Waals surface area contributed by atoms with Crippen LogP contribution < -0.4 is 19.5 Å². The number of rotatable bonds is 5. The summed E-state index contributed by atoms with van der Waals surface area (Å²) in [7, 11) is 4.45. The molecule has 0 amide bonds. The molecule has 5 heteroatoms. The van der Waals surface area contributed by atoms with Gasteiger partial charge in [-0.25, -0.2) is 0 Å². The first kappa shape index (κ1) is 21.0. The highest BCUT2D eigenvalue weighted by Gasteiger charge is 2.50. The number of hydrogen-bond acceptors (Lipinski definition) is 4. The Kier molecular flexibility index (Phi) is 5.67. The number of benzene rings is 2. The van der Waals surface area contributed by atoms with Crippen molar-refractivity contribution in [1.29, 1.82) is 0 Å². The van der Waals surface area contributed by atoms with Crippen LogP contribution in [0.5, 0.6) is 17.2 Å². The molecule has 0 fully saturated rings. The van der Waals surface area contributed by atoms with Gasteiger partial charge in [0.05, 0.1) is 19.8 Å². The normalized spacial score (nSPS) is 19.1. The highest BCUT2D eigenvalue weighted by Crippen LogP contribution is 2.63. The van der Waals surface area contributed by atoms with E-state index in [0.29, 0.717) is 0 Å². The summed E-state index contributed by atoms with van der Waals surface area (Å²) in [6.45, 7) is 11.1. The fourth-order valence-corrected chi connectivity index (χ4v) is 7.08. The highest BCUT2D eigenvalue weighted by molar-refractivity contribution is 7.68. The summed E-state index contributed by atoms with van der Waals surface area (Å²) in [4.78, 5) is 0. The Labute approximate surface area is 169 Å². The fourth-order valence-electron chi connectivity index (χ4n) is 3.72. The third-order valence-electron chi connectivity index (χ3n) is 5.25. The largest absolute Gasteiger partial charge is 0.496 e. The molecular formula is C23H31O4P. The second-order valence-corrected chi connectivity index (χ2v) is 11.5. The molecule has 3 rings (SSSR count). The van der Waals surface area contributed by atoms with E-state index in [0.717, 1.165) is 28.4 Å². The smallest absolute Gasteiger partial charge is 0.150 e. The lowest BCUT2D eigenvalue weighted by Crippen LogP contribution is -2.42. The van der Waals surface area contributed by atoms with Gasteiger partial charge in [0, 0.05) is 18.0 Å². The van der Waals surface area contributed by atoms with E-state index in [4.69, 9.17) is 18.9 Å². The van der Waals surface area contributed by atoms with Gasteiger partial charge in [-0.1, -0.05) is 39.0 Å². The van der Waals surface area contributed by atoms with Crippen LogP contribution in [0.25, 0.3) is 11.1 Å². The van der Waals surface area contributed by atoms with Crippen LogP contribution in [0.1, 0.15) is 34.6 Å². The summed E-state index contributed by atoms with van der Waals surface area (Å²) in [5.74, 6) is 2.49. The summed E-state index contributed by atoms with van der Waals surface area (Å²) < 4.78 is 23.8. The van der Waals surface area contributed by atoms with E-state index in [1.165, 1.54) is 5.30 Å². The lowest BCUT2D eigenvalue weighted by molar-refractivity contribution is -0.0296. The minimum absolute atomic E-state index is 0.0341. The predicted octanol–water partition coefficient (Wildman–Crippen LogP) is 5.42. The van der Waals surface area contributed by atoms with Crippen molar-refractivity contribution < 1.29 is 18.9 Å². The van der Waals surface area contributed by atoms with Crippen molar-refractivity contribution in [2.24, 2.45) is 0 Å². The van der Waals surface area contributed by atoms with Crippen molar-refractivity contribution in [2.75, 3.05) is 21.3 Å². The summed E-state index contributed by atoms with van der Waals surface area (Å²) in [5, 5.41) is 1.29. The number of fused-ring (bicyclic) bond motifs is 1. The topological polar surface area (TPSA) is 36.9 Å². The van der Waals surface area contributed by atoms with Crippen molar-refractivity contribution in [1.82, 2.24) is 0 Å². The van der Waals surface area contributed by atoms with Crippen molar-refractivity contribution in [3.05, 3.63) is 36.4 Å². The monoisotopic (exact) mass is 402 g/mol. The van der Waals surface area contributed by atoms with Gasteiger partial charge in [0.25, 0.3) is 0 Å². The second kappa shape index (κ2) is 7.57. The van der Waals surface area contributed by atoms with Crippen LogP contribution >= 0.6 is 7.92 Å². The minimum atomic E-state index is -0.697. The molecule has 0 spiro atoms. The number of ether oxygens (including phenoxy) is 4. The number of methoxy groups -OCH3 is 3. The quantitative estimate of drug-likeness (QED) is 0.626. The Morgan fingerprint density at radius 2 is 1.43 bits per heavy atom. The Morgan fingerprint density at radius 3 is 1.93 bits per heavy atom. The molecule has 2 atom stereocenters. The lowest BCUT2D eigenvalue weighted by Gasteiger charge is -2.39. The average Bonchev–Trinajstić information content (AvgIpc) is 3.08. The van der Waals surface area contributed by atoms with Crippen molar-refractivity contribution in [2.45, 2.75) is 51.2 Å². The zero-order valence-corrected chi connectivity index (χ0v) is 19.0. The summed E-state index contributed by atoms with van der Waals surface area (Å²) in [6, 6.07) is 12.1. The van der Waals surface area contributed by atoms with E-state index in [1.54, 1.807) is 21.3 Å². The van der Waals surface area contributed by atoms with E-state index in [-0.39, 0.29) is 11.0 Å². The van der Waals surface area contributed by atoms with Crippen LogP contribution in [0, 0.1) is 0 Å². The van der Waals surface area contributed by atoms with E-state index in [9.17, 15) is 0 Å². The Morgan fingerprint density at radius 1 is 0.857 bits per heavy atom. The van der Waals surface area contributed by atoms with Gasteiger partial charge >= 0.3 is 0 Å². The first-order valence-electron chi connectivity index (χ1n) is 9.51. The first-order valence-corrected chi connectivity index (χ1v) is 10.9. The Hall–Kier alpha value is -1.77. The zero-order valence-electron chi connectivity index (χ0n) is 18.1. The molecule has 2 aromatic rings. The lowest BCUT2D eigenvalue weighted by atomic mass is 10.0. The molecule has 0 N–H and O–H groups in total. The molecule has 0 radical (unpaired) electrons. The van der Waals surface area contributed by atoms with Gasteiger partial charge in [0.15, 0.2) is 0 Å². The molecule has 0 aliphatic carbocycles. The maximum atomic E-state index is 6.53. The van der Waals surface area contributed by atoms with Gasteiger partial charge in [-0.05, 0) is 45.1 Å². The van der Waals surface area contributed by atoms with Gasteiger partial charge in [0.2, 0.25) is 0 Å². The van der Waals surface area contributed by atoms with Gasteiger partial charge in [-0.3, -0.25) is 0 Å². The standard InChI is InChI=1S/C23H31O4P/c1-22(2,3)28-20-15(19-16(24-6)12-10-13-17(19)25-7)11-9-14-18(20)27-21(28)23(4,5)26-8/h9-14,21H,1-8H3/t21-,28?/m0/s1. The zero-order chi connectivity index (χ0) is 20.7. The third kappa shape index (κ3) is 3.49. The highest BCUT2D eigenvalue weighted by atomic mass is 31.1. The number of hydrogen-bond donors (Lipinski definition) is 0. The molecule has 1 aliphatic heterocycles. The fraction of sp³-hybridized carbons (Fsp3) is 0.478. The van der Waals surface area contributed by atoms with Crippen LogP contribution in [0.2, 0.25) is 0 Å². The van der Waals surface area contributed by atoms with E-state index in [2.05, 4.69) is 46.8 Å². The maximum absolute atomic E-state index is 6.53. The van der Waals surface area contributed by atoms with Crippen molar-refractivity contribution in [3.8, 4) is 28.4 Å². The van der Waals surface area contributed by atoms with Crippen molar-refractivity contribution >= 4 is 13.2 Å². The van der Waals surface area contributed by atoms with Gasteiger partial charge in [-0.15, -0.1) is 0 Å². The molecule has 1 heterocycles. The summed E-state index contributed by atoms with van der Waals surface area (Å²) >= 11 is 0. The molecule has 4 nitrogen and oxygen atoms in total. The van der Waals surface area contributed by atoms with Crippen LogP contribution in [0.3, 0.4) is 0 Å². The molecule has 2 aromatic carbocycles. The SMILES string of the molecule is COc1cccc(OC)c1-c1cccc2c1P(C(C)(C)C)[C@@H](C(C)(C)OC)O2. The van der Waals surface area contributed by atoms with E-state index in [1.807, 2.05) is 24.3 Å². The summed E-state index contributed by atoms with van der Waals surface area (Å²) in [6.07, 6.45) is 0. The van der Waals surface area contributed by atoms with E-state index < -0.39 is 13.5 Å². The molecule has 0 aromatic heterocycles. The molecule has 28 heavy (non-hydrogen) atoms. The second-order valence-electron chi connectivity index (χ2n) is 8.51. The van der Waals surface area contributed by atoms with Crippen LogP contribution in [-0.2, 0) is 4.74 Å². The van der Waals surface area contributed by atoms with Gasteiger partial charge in [0.1, 0.15) is 28.7 Å². The van der Waals surface area contributed by atoms with Gasteiger partial charge < -0.3 is 18.9 Å². The molecular weight excluding hydrogens is 371 g/mol. The Bertz CT molecular complexity index is 832. The third-order valence-corrected chi connectivity index (χ3v) is 8.84. The summed E-state index contributed by atoms with van der Waals surface area (Å²) in [5.41, 5.74) is 1.68. The first-order chi connectivity index (χ1) is 13.2. The molecule has 0 saturated heterocycles. The minimum Gasteiger partial charge on any atom is -0.496 e. The molecule has 0 bridgehead atoms. The molecule has 1 unspecified atom stereocenters. The molecule has 1 aliphatic rings.